The molecule has 53 heavy (non-hydrogen) atoms. The summed E-state index contributed by atoms with van der Waals surface area (Å²) in [5.74, 6) is -0.589. The lowest BCUT2D eigenvalue weighted by atomic mass is 10.00. The van der Waals surface area contributed by atoms with Crippen LogP contribution in [0, 0.1) is 0 Å². The van der Waals surface area contributed by atoms with E-state index in [1.165, 1.54) is 186 Å². The lowest BCUT2D eigenvalue weighted by molar-refractivity contribution is -0.132. The van der Waals surface area contributed by atoms with Crippen LogP contribution in [0.4, 0.5) is 0 Å². The molecule has 0 aliphatic rings. The SMILES string of the molecule is CCCCCCCCCCCCC/C=C/CCCC(O)C(O)C(CO)NC(=O)C(O)CCCCCCCCCCCCCCCCCCCCCCC. The molecule has 316 valence electrons. The van der Waals surface area contributed by atoms with Gasteiger partial charge in [-0.25, -0.2) is 0 Å². The second-order valence-electron chi connectivity index (χ2n) is 16.5. The Balaban J connectivity index is 3.70. The summed E-state index contributed by atoms with van der Waals surface area (Å²) >= 11 is 0. The minimum absolute atomic E-state index is 0.368. The smallest absolute Gasteiger partial charge is 0.249 e. The lowest BCUT2D eigenvalue weighted by Crippen LogP contribution is -2.53. The maximum Gasteiger partial charge on any atom is 0.249 e. The van der Waals surface area contributed by atoms with Crippen LogP contribution in [0.3, 0.4) is 0 Å². The first kappa shape index (κ1) is 52.0. The number of rotatable bonds is 43. The van der Waals surface area contributed by atoms with Crippen LogP contribution in [-0.4, -0.2) is 57.3 Å². The zero-order valence-corrected chi connectivity index (χ0v) is 35.5. The third-order valence-corrected chi connectivity index (χ3v) is 11.2. The molecule has 0 heterocycles. The molecule has 0 radical (unpaired) electrons. The molecule has 0 saturated carbocycles. The van der Waals surface area contributed by atoms with Gasteiger partial charge in [0.2, 0.25) is 5.91 Å². The molecular formula is C47H93NO5. The summed E-state index contributed by atoms with van der Waals surface area (Å²) in [5.41, 5.74) is 0. The van der Waals surface area contributed by atoms with Gasteiger partial charge < -0.3 is 25.7 Å². The molecule has 1 amide bonds. The molecule has 6 nitrogen and oxygen atoms in total. The van der Waals surface area contributed by atoms with E-state index in [-0.39, 0.29) is 0 Å². The van der Waals surface area contributed by atoms with E-state index in [1.807, 2.05) is 0 Å². The third kappa shape index (κ3) is 36.4. The van der Waals surface area contributed by atoms with Crippen LogP contribution in [-0.2, 0) is 4.79 Å². The van der Waals surface area contributed by atoms with E-state index in [2.05, 4.69) is 31.3 Å². The highest BCUT2D eigenvalue weighted by Gasteiger charge is 2.28. The van der Waals surface area contributed by atoms with Gasteiger partial charge in [0, 0.05) is 0 Å². The second-order valence-corrected chi connectivity index (χ2v) is 16.5. The van der Waals surface area contributed by atoms with E-state index in [0.717, 1.165) is 38.5 Å². The number of unbranched alkanes of at least 4 members (excludes halogenated alkanes) is 32. The van der Waals surface area contributed by atoms with Gasteiger partial charge in [-0.05, 0) is 38.5 Å². The molecule has 0 aliphatic heterocycles. The average molecular weight is 752 g/mol. The maximum absolute atomic E-state index is 12.5. The largest absolute Gasteiger partial charge is 0.394 e. The second kappa shape index (κ2) is 42.2. The van der Waals surface area contributed by atoms with Crippen molar-refractivity contribution in [2.24, 2.45) is 0 Å². The number of amides is 1. The molecule has 0 aromatic carbocycles. The summed E-state index contributed by atoms with van der Waals surface area (Å²) in [5, 5.41) is 43.7. The van der Waals surface area contributed by atoms with Gasteiger partial charge in [-0.3, -0.25) is 4.79 Å². The summed E-state index contributed by atoms with van der Waals surface area (Å²) in [7, 11) is 0. The van der Waals surface area contributed by atoms with Gasteiger partial charge >= 0.3 is 0 Å². The highest BCUT2D eigenvalue weighted by Crippen LogP contribution is 2.17. The van der Waals surface area contributed by atoms with Crippen LogP contribution >= 0.6 is 0 Å². The fourth-order valence-electron chi connectivity index (χ4n) is 7.46. The molecule has 6 heteroatoms. The van der Waals surface area contributed by atoms with Crippen LogP contribution in [0.2, 0.25) is 0 Å². The Morgan fingerprint density at radius 2 is 0.774 bits per heavy atom. The van der Waals surface area contributed by atoms with Crippen LogP contribution in [0.25, 0.3) is 0 Å². The number of aliphatic hydroxyl groups excluding tert-OH is 4. The molecule has 4 atom stereocenters. The summed E-state index contributed by atoms with van der Waals surface area (Å²) in [6.45, 7) is 4.06. The number of carbonyl (C=O) groups excluding carboxylic acids is 1. The van der Waals surface area contributed by atoms with Crippen LogP contribution in [0.15, 0.2) is 12.2 Å². The first-order chi connectivity index (χ1) is 26.0. The van der Waals surface area contributed by atoms with Gasteiger partial charge in [0.25, 0.3) is 0 Å². The quantitative estimate of drug-likeness (QED) is 0.0315. The lowest BCUT2D eigenvalue weighted by Gasteiger charge is -2.27. The van der Waals surface area contributed by atoms with Crippen molar-refractivity contribution in [3.05, 3.63) is 12.2 Å². The summed E-state index contributed by atoms with van der Waals surface area (Å²) in [4.78, 5) is 12.5. The first-order valence-electron chi connectivity index (χ1n) is 23.6. The molecule has 0 spiro atoms. The van der Waals surface area contributed by atoms with Crippen LogP contribution < -0.4 is 5.32 Å². The topological polar surface area (TPSA) is 110 Å². The van der Waals surface area contributed by atoms with Crippen molar-refractivity contribution in [1.29, 1.82) is 0 Å². The van der Waals surface area contributed by atoms with Gasteiger partial charge in [-0.2, -0.15) is 0 Å². The summed E-state index contributed by atoms with van der Waals surface area (Å²) in [6, 6.07) is -0.997. The first-order valence-corrected chi connectivity index (χ1v) is 23.6. The van der Waals surface area contributed by atoms with Gasteiger partial charge in [-0.15, -0.1) is 0 Å². The zero-order valence-electron chi connectivity index (χ0n) is 35.5. The minimum atomic E-state index is -1.28. The van der Waals surface area contributed by atoms with Crippen molar-refractivity contribution < 1.29 is 25.2 Å². The molecule has 0 aromatic rings. The number of allylic oxidation sites excluding steroid dienone is 2. The fraction of sp³-hybridized carbons (Fsp3) is 0.936. The van der Waals surface area contributed by atoms with Crippen molar-refractivity contribution in [3.8, 4) is 0 Å². The third-order valence-electron chi connectivity index (χ3n) is 11.2. The van der Waals surface area contributed by atoms with Crippen molar-refractivity contribution in [2.45, 2.75) is 276 Å². The predicted octanol–water partition coefficient (Wildman–Crippen LogP) is 12.6. The van der Waals surface area contributed by atoms with Crippen molar-refractivity contribution in [1.82, 2.24) is 5.32 Å². The van der Waals surface area contributed by atoms with E-state index in [9.17, 15) is 25.2 Å². The van der Waals surface area contributed by atoms with E-state index < -0.39 is 36.9 Å². The average Bonchev–Trinajstić information content (AvgIpc) is 3.16. The Morgan fingerprint density at radius 1 is 0.453 bits per heavy atom. The Morgan fingerprint density at radius 3 is 1.13 bits per heavy atom. The normalized spacial score (nSPS) is 14.2. The van der Waals surface area contributed by atoms with E-state index in [0.29, 0.717) is 12.8 Å². The predicted molar refractivity (Wildman–Crippen MR) is 228 cm³/mol. The molecule has 4 unspecified atom stereocenters. The molecule has 0 aliphatic carbocycles. The van der Waals surface area contributed by atoms with E-state index in [4.69, 9.17) is 0 Å². The highest BCUT2D eigenvalue weighted by atomic mass is 16.3. The molecule has 0 saturated heterocycles. The maximum atomic E-state index is 12.5. The van der Waals surface area contributed by atoms with Gasteiger partial charge in [0.15, 0.2) is 0 Å². The number of nitrogens with one attached hydrogen (secondary N) is 1. The Labute approximate surface area is 330 Å². The molecule has 0 bridgehead atoms. The van der Waals surface area contributed by atoms with Crippen LogP contribution in [0.1, 0.15) is 251 Å². The summed E-state index contributed by atoms with van der Waals surface area (Å²) in [6.07, 6.45) is 46.8. The standard InChI is InChI=1S/C47H93NO5/c1-3-5-7-9-11-13-15-17-19-21-22-23-24-25-27-29-31-33-35-37-39-41-45(51)47(53)48-43(42-49)46(52)44(50)40-38-36-34-32-30-28-26-20-18-16-14-12-10-8-6-4-2/h32,34,43-46,49-52H,3-31,33,35-42H2,1-2H3,(H,48,53)/b34-32+. The zero-order chi connectivity index (χ0) is 38.9. The molecular weight excluding hydrogens is 659 g/mol. The van der Waals surface area contributed by atoms with Gasteiger partial charge in [-0.1, -0.05) is 225 Å². The summed E-state index contributed by atoms with van der Waals surface area (Å²) < 4.78 is 0. The van der Waals surface area contributed by atoms with E-state index in [1.54, 1.807) is 0 Å². The highest BCUT2D eigenvalue weighted by molar-refractivity contribution is 5.80. The molecule has 5 N–H and O–H groups in total. The number of hydrogen-bond acceptors (Lipinski definition) is 5. The number of hydrogen-bond donors (Lipinski definition) is 5. The van der Waals surface area contributed by atoms with E-state index >= 15 is 0 Å². The Bertz CT molecular complexity index is 761. The van der Waals surface area contributed by atoms with Gasteiger partial charge in [0.05, 0.1) is 18.8 Å². The van der Waals surface area contributed by atoms with Crippen molar-refractivity contribution in [3.63, 3.8) is 0 Å². The number of aliphatic hydroxyl groups is 4. The van der Waals surface area contributed by atoms with Gasteiger partial charge in [0.1, 0.15) is 12.2 Å². The molecule has 0 rings (SSSR count). The van der Waals surface area contributed by atoms with Crippen LogP contribution in [0.5, 0.6) is 0 Å². The van der Waals surface area contributed by atoms with Crippen molar-refractivity contribution in [2.75, 3.05) is 6.61 Å². The Hall–Kier alpha value is -0.950. The minimum Gasteiger partial charge on any atom is -0.394 e. The monoisotopic (exact) mass is 752 g/mol. The molecule has 0 fully saturated rings. The molecule has 0 aromatic heterocycles. The Kier molecular flexibility index (Phi) is 41.4. The van der Waals surface area contributed by atoms with Crippen molar-refractivity contribution >= 4 is 5.91 Å². The fourth-order valence-corrected chi connectivity index (χ4v) is 7.46. The number of carbonyl (C=O) groups is 1.